The van der Waals surface area contributed by atoms with Gasteiger partial charge in [-0.1, -0.05) is 0 Å². The van der Waals surface area contributed by atoms with Crippen molar-refractivity contribution in [1.29, 1.82) is 0 Å². The maximum Gasteiger partial charge on any atom is 0.504 e. The molecular weight excluding hydrogens is 151 g/mol. The lowest BCUT2D eigenvalue weighted by Crippen LogP contribution is -2.01. The summed E-state index contributed by atoms with van der Waals surface area (Å²) in [6, 6.07) is 3.86. The van der Waals surface area contributed by atoms with Crippen molar-refractivity contribution in [3.63, 3.8) is 0 Å². The fraction of sp³-hybridized carbons (Fsp3) is 0.333. The summed E-state index contributed by atoms with van der Waals surface area (Å²) in [5.41, 5.74) is 3.66. The summed E-state index contributed by atoms with van der Waals surface area (Å²) in [6.07, 6.45) is 0. The van der Waals surface area contributed by atoms with Crippen LogP contribution in [0.2, 0.25) is 0 Å². The van der Waals surface area contributed by atoms with Crippen LogP contribution in [-0.2, 0) is 0 Å². The normalized spacial score (nSPS) is 9.67. The molecule has 3 heteroatoms. The third-order valence-corrected chi connectivity index (χ3v) is 2.13. The van der Waals surface area contributed by atoms with Crippen molar-refractivity contribution < 1.29 is 9.68 Å². The van der Waals surface area contributed by atoms with E-state index >= 15 is 0 Å². The van der Waals surface area contributed by atoms with Gasteiger partial charge in [0.1, 0.15) is 5.75 Å². The van der Waals surface area contributed by atoms with Crippen LogP contribution in [0.25, 0.3) is 0 Å². The van der Waals surface area contributed by atoms with Gasteiger partial charge in [-0.25, -0.2) is 0 Å². The summed E-state index contributed by atoms with van der Waals surface area (Å²) in [4.78, 5) is 0. The first-order valence-corrected chi connectivity index (χ1v) is 3.96. The lowest BCUT2D eigenvalue weighted by Gasteiger charge is -2.08. The Kier molecular flexibility index (Phi) is 2.76. The van der Waals surface area contributed by atoms with Crippen molar-refractivity contribution in [2.45, 2.75) is 20.8 Å². The van der Waals surface area contributed by atoms with Crippen LogP contribution in [0.15, 0.2) is 12.1 Å². The lowest BCUT2D eigenvalue weighted by atomic mass is 10.0. The average molecular weight is 164 g/mol. The monoisotopic (exact) mass is 164 g/mol. The Morgan fingerprint density at radius 2 is 1.67 bits per heavy atom. The molecule has 1 aromatic rings. The minimum absolute atomic E-state index is 0.262. The summed E-state index contributed by atoms with van der Waals surface area (Å²) in [6.45, 7) is 6.15. The van der Waals surface area contributed by atoms with E-state index in [0.29, 0.717) is 0 Å². The molecular formula is C9H13BO2. The Bertz CT molecular complexity index is 261. The van der Waals surface area contributed by atoms with Crippen molar-refractivity contribution in [3.8, 4) is 5.75 Å². The van der Waals surface area contributed by atoms with Gasteiger partial charge in [-0.05, 0) is 49.6 Å². The van der Waals surface area contributed by atoms with Gasteiger partial charge in [-0.15, -0.1) is 0 Å². The molecule has 0 amide bonds. The molecule has 0 bridgehead atoms. The zero-order valence-electron chi connectivity index (χ0n) is 7.72. The van der Waals surface area contributed by atoms with E-state index in [1.54, 1.807) is 0 Å². The fourth-order valence-electron chi connectivity index (χ4n) is 1.15. The molecule has 0 radical (unpaired) electrons. The highest BCUT2D eigenvalue weighted by Gasteiger charge is 2.00. The van der Waals surface area contributed by atoms with E-state index in [4.69, 9.17) is 9.68 Å². The van der Waals surface area contributed by atoms with Gasteiger partial charge in [-0.2, -0.15) is 0 Å². The van der Waals surface area contributed by atoms with Crippen molar-refractivity contribution >= 4 is 7.69 Å². The average Bonchev–Trinajstić information content (AvgIpc) is 2.01. The molecule has 0 saturated carbocycles. The van der Waals surface area contributed by atoms with E-state index in [2.05, 4.69) is 6.92 Å². The zero-order chi connectivity index (χ0) is 9.14. The zero-order valence-corrected chi connectivity index (χ0v) is 7.72. The molecule has 0 saturated heterocycles. The van der Waals surface area contributed by atoms with Crippen LogP contribution in [0, 0.1) is 20.8 Å². The summed E-state index contributed by atoms with van der Waals surface area (Å²) in [7, 11) is -0.262. The van der Waals surface area contributed by atoms with Crippen molar-refractivity contribution in [2.75, 3.05) is 0 Å². The van der Waals surface area contributed by atoms with Gasteiger partial charge in [0, 0.05) is 0 Å². The summed E-state index contributed by atoms with van der Waals surface area (Å²) < 4.78 is 4.98. The van der Waals surface area contributed by atoms with Crippen molar-refractivity contribution in [3.05, 3.63) is 28.8 Å². The smallest absolute Gasteiger partial charge is 0.504 e. The highest BCUT2D eigenvalue weighted by Crippen LogP contribution is 2.20. The van der Waals surface area contributed by atoms with Crippen LogP contribution in [0.5, 0.6) is 5.75 Å². The molecule has 0 aromatic heterocycles. The largest absolute Gasteiger partial charge is 0.539 e. The molecule has 0 heterocycles. The number of hydrogen-bond acceptors (Lipinski definition) is 2. The molecule has 0 aliphatic rings. The van der Waals surface area contributed by atoms with Gasteiger partial charge < -0.3 is 9.68 Å². The maximum atomic E-state index is 8.55. The van der Waals surface area contributed by atoms with E-state index in [0.717, 1.165) is 5.75 Å². The van der Waals surface area contributed by atoms with Gasteiger partial charge in [-0.3, -0.25) is 0 Å². The number of rotatable bonds is 2. The fourth-order valence-corrected chi connectivity index (χ4v) is 1.15. The number of hydrogen-bond donors (Lipinski definition) is 1. The minimum Gasteiger partial charge on any atom is -0.539 e. The lowest BCUT2D eigenvalue weighted by molar-refractivity contribution is 0.453. The summed E-state index contributed by atoms with van der Waals surface area (Å²) in [5, 5.41) is 8.55. The van der Waals surface area contributed by atoms with E-state index in [1.165, 1.54) is 16.7 Å². The predicted molar refractivity (Wildman–Crippen MR) is 50.6 cm³/mol. The standard InChI is InChI=1S/C9H13BO2/c1-6-4-9(12-10-11)5-7(2)8(6)3/h4-5,10-11H,1-3H3. The second kappa shape index (κ2) is 3.63. The molecule has 1 rings (SSSR count). The molecule has 0 spiro atoms. The Morgan fingerprint density at radius 3 is 2.08 bits per heavy atom. The number of aryl methyl sites for hydroxylation is 2. The van der Waals surface area contributed by atoms with Gasteiger partial charge in [0.25, 0.3) is 0 Å². The molecule has 0 aliphatic heterocycles. The first kappa shape index (κ1) is 9.14. The first-order valence-electron chi connectivity index (χ1n) is 3.96. The van der Waals surface area contributed by atoms with Crippen LogP contribution in [-0.4, -0.2) is 12.7 Å². The molecule has 12 heavy (non-hydrogen) atoms. The quantitative estimate of drug-likeness (QED) is 0.666. The van der Waals surface area contributed by atoms with E-state index in [1.807, 2.05) is 26.0 Å². The maximum absolute atomic E-state index is 8.55. The van der Waals surface area contributed by atoms with Gasteiger partial charge in [0.2, 0.25) is 0 Å². The molecule has 2 nitrogen and oxygen atoms in total. The summed E-state index contributed by atoms with van der Waals surface area (Å²) in [5.74, 6) is 0.734. The Hall–Kier alpha value is -0.955. The Morgan fingerprint density at radius 1 is 1.17 bits per heavy atom. The molecule has 1 aromatic carbocycles. The van der Waals surface area contributed by atoms with E-state index in [-0.39, 0.29) is 7.69 Å². The second-order valence-electron chi connectivity index (χ2n) is 2.96. The Labute approximate surface area is 73.5 Å². The molecule has 0 fully saturated rings. The van der Waals surface area contributed by atoms with Crippen molar-refractivity contribution in [1.82, 2.24) is 0 Å². The van der Waals surface area contributed by atoms with Crippen LogP contribution in [0.3, 0.4) is 0 Å². The van der Waals surface area contributed by atoms with Gasteiger partial charge >= 0.3 is 7.69 Å². The molecule has 0 aliphatic carbocycles. The van der Waals surface area contributed by atoms with Crippen molar-refractivity contribution in [2.24, 2.45) is 0 Å². The minimum atomic E-state index is -0.262. The molecule has 64 valence electrons. The van der Waals surface area contributed by atoms with Crippen LogP contribution in [0.4, 0.5) is 0 Å². The summed E-state index contributed by atoms with van der Waals surface area (Å²) >= 11 is 0. The Balaban J connectivity index is 3.04. The topological polar surface area (TPSA) is 29.5 Å². The molecule has 0 unspecified atom stereocenters. The van der Waals surface area contributed by atoms with Crippen LogP contribution < -0.4 is 4.65 Å². The van der Waals surface area contributed by atoms with Crippen LogP contribution >= 0.6 is 0 Å². The van der Waals surface area contributed by atoms with Crippen LogP contribution in [0.1, 0.15) is 16.7 Å². The third-order valence-electron chi connectivity index (χ3n) is 2.13. The molecule has 0 atom stereocenters. The predicted octanol–water partition coefficient (Wildman–Crippen LogP) is 1.25. The van der Waals surface area contributed by atoms with E-state index in [9.17, 15) is 0 Å². The third kappa shape index (κ3) is 1.80. The number of benzene rings is 1. The molecule has 1 N–H and O–H groups in total. The highest BCUT2D eigenvalue weighted by molar-refractivity contribution is 6.17. The van der Waals surface area contributed by atoms with Gasteiger partial charge in [0.05, 0.1) is 0 Å². The van der Waals surface area contributed by atoms with E-state index < -0.39 is 0 Å². The van der Waals surface area contributed by atoms with Gasteiger partial charge in [0.15, 0.2) is 0 Å². The SMILES string of the molecule is Cc1cc(OBO)cc(C)c1C. The highest BCUT2D eigenvalue weighted by atomic mass is 16.5. The first-order chi connectivity index (χ1) is 5.65. The second-order valence-corrected chi connectivity index (χ2v) is 2.96.